The van der Waals surface area contributed by atoms with Crippen LogP contribution in [0.5, 0.6) is 0 Å². The van der Waals surface area contributed by atoms with E-state index in [4.69, 9.17) is 0 Å². The zero-order valence-corrected chi connectivity index (χ0v) is 12.8. The molecule has 0 aromatic heterocycles. The van der Waals surface area contributed by atoms with Crippen molar-refractivity contribution < 1.29 is 9.59 Å². The molecule has 3 N–H and O–H groups in total. The van der Waals surface area contributed by atoms with E-state index in [0.717, 1.165) is 12.8 Å². The lowest BCUT2D eigenvalue weighted by molar-refractivity contribution is -0.126. The fourth-order valence-corrected chi connectivity index (χ4v) is 2.38. The summed E-state index contributed by atoms with van der Waals surface area (Å²) in [5.41, 5.74) is 0.398. The molecule has 0 unspecified atom stereocenters. The Hall–Kier alpha value is -2.04. The summed E-state index contributed by atoms with van der Waals surface area (Å²) in [6.45, 7) is 3.99. The van der Waals surface area contributed by atoms with E-state index in [1.54, 1.807) is 13.8 Å². The maximum atomic E-state index is 12.3. The van der Waals surface area contributed by atoms with Gasteiger partial charge in [0.15, 0.2) is 0 Å². The van der Waals surface area contributed by atoms with Crippen LogP contribution in [-0.4, -0.2) is 31.1 Å². The summed E-state index contributed by atoms with van der Waals surface area (Å²) in [4.78, 5) is 23.6. The van der Waals surface area contributed by atoms with E-state index in [-0.39, 0.29) is 17.4 Å². The van der Waals surface area contributed by atoms with E-state index in [1.165, 1.54) is 12.6 Å². The smallest absolute Gasteiger partial charge is 0.315 e. The van der Waals surface area contributed by atoms with E-state index in [1.807, 2.05) is 18.2 Å². The van der Waals surface area contributed by atoms with Gasteiger partial charge < -0.3 is 16.0 Å². The van der Waals surface area contributed by atoms with Crippen molar-refractivity contribution in [2.24, 2.45) is 0 Å². The number of carbonyl (C=O) groups is 2. The standard InChI is InChI=1S/C16H23N3O2/c1-15(2,19-14(21)17-3)13(20)18-11-16(9-10-16)12-7-5-4-6-8-12/h4-8H,9-11H2,1-3H3,(H,18,20)(H2,17,19,21). The SMILES string of the molecule is CNC(=O)NC(C)(C)C(=O)NCC1(c2ccccc2)CC1. The quantitative estimate of drug-likeness (QED) is 0.769. The summed E-state index contributed by atoms with van der Waals surface area (Å²) >= 11 is 0. The third-order valence-electron chi connectivity index (χ3n) is 4.05. The molecule has 1 aromatic carbocycles. The molecule has 0 saturated heterocycles. The van der Waals surface area contributed by atoms with Crippen LogP contribution in [-0.2, 0) is 10.2 Å². The first-order valence-electron chi connectivity index (χ1n) is 7.23. The van der Waals surface area contributed by atoms with Crippen molar-refractivity contribution in [2.75, 3.05) is 13.6 Å². The normalized spacial score (nSPS) is 16.0. The van der Waals surface area contributed by atoms with Crippen molar-refractivity contribution in [3.05, 3.63) is 35.9 Å². The van der Waals surface area contributed by atoms with Gasteiger partial charge in [0, 0.05) is 19.0 Å². The Balaban J connectivity index is 1.94. The molecule has 0 bridgehead atoms. The lowest BCUT2D eigenvalue weighted by Gasteiger charge is -2.26. The summed E-state index contributed by atoms with van der Waals surface area (Å²) in [5, 5.41) is 8.07. The Morgan fingerprint density at radius 3 is 2.33 bits per heavy atom. The molecule has 1 fully saturated rings. The molecule has 0 spiro atoms. The highest BCUT2D eigenvalue weighted by Crippen LogP contribution is 2.47. The number of hydrogen-bond acceptors (Lipinski definition) is 2. The van der Waals surface area contributed by atoms with Crippen molar-refractivity contribution in [3.63, 3.8) is 0 Å². The highest BCUT2D eigenvalue weighted by Gasteiger charge is 2.45. The molecule has 21 heavy (non-hydrogen) atoms. The van der Waals surface area contributed by atoms with Crippen LogP contribution < -0.4 is 16.0 Å². The average molecular weight is 289 g/mol. The molecule has 0 heterocycles. The van der Waals surface area contributed by atoms with Gasteiger partial charge in [0.25, 0.3) is 0 Å². The third-order valence-corrected chi connectivity index (χ3v) is 4.05. The van der Waals surface area contributed by atoms with Crippen molar-refractivity contribution in [3.8, 4) is 0 Å². The van der Waals surface area contributed by atoms with Gasteiger partial charge in [-0.15, -0.1) is 0 Å². The molecule has 1 aliphatic carbocycles. The minimum atomic E-state index is -0.938. The van der Waals surface area contributed by atoms with Crippen LogP contribution in [0.2, 0.25) is 0 Å². The summed E-state index contributed by atoms with van der Waals surface area (Å²) < 4.78 is 0. The third kappa shape index (κ3) is 3.54. The molecular weight excluding hydrogens is 266 g/mol. The molecule has 1 saturated carbocycles. The number of hydrogen-bond donors (Lipinski definition) is 3. The maximum absolute atomic E-state index is 12.3. The molecule has 2 rings (SSSR count). The van der Waals surface area contributed by atoms with E-state index in [0.29, 0.717) is 6.54 Å². The van der Waals surface area contributed by atoms with Crippen LogP contribution in [0.3, 0.4) is 0 Å². The second kappa shape index (κ2) is 5.76. The van der Waals surface area contributed by atoms with E-state index >= 15 is 0 Å². The summed E-state index contributed by atoms with van der Waals surface area (Å²) in [5.74, 6) is -0.173. The average Bonchev–Trinajstić information content (AvgIpc) is 3.26. The molecule has 0 aliphatic heterocycles. The maximum Gasteiger partial charge on any atom is 0.315 e. The highest BCUT2D eigenvalue weighted by molar-refractivity contribution is 5.90. The second-order valence-corrected chi connectivity index (χ2v) is 6.16. The molecule has 1 aliphatic rings. The van der Waals surface area contributed by atoms with E-state index in [2.05, 4.69) is 28.1 Å². The Kier molecular flexibility index (Phi) is 4.21. The van der Waals surface area contributed by atoms with Crippen LogP contribution in [0, 0.1) is 0 Å². The molecule has 1 aromatic rings. The van der Waals surface area contributed by atoms with Crippen LogP contribution >= 0.6 is 0 Å². The predicted molar refractivity (Wildman–Crippen MR) is 82.0 cm³/mol. The molecule has 0 atom stereocenters. The van der Waals surface area contributed by atoms with Gasteiger partial charge in [-0.05, 0) is 32.3 Å². The molecule has 114 valence electrons. The minimum absolute atomic E-state index is 0.0695. The monoisotopic (exact) mass is 289 g/mol. The Morgan fingerprint density at radius 1 is 1.19 bits per heavy atom. The number of urea groups is 1. The zero-order chi connectivity index (χ0) is 15.5. The summed E-state index contributed by atoms with van der Waals surface area (Å²) in [6.07, 6.45) is 2.17. The van der Waals surface area contributed by atoms with Gasteiger partial charge >= 0.3 is 6.03 Å². The lowest BCUT2D eigenvalue weighted by atomic mass is 9.95. The van der Waals surface area contributed by atoms with Crippen LogP contribution in [0.4, 0.5) is 4.79 Å². The highest BCUT2D eigenvalue weighted by atomic mass is 16.2. The van der Waals surface area contributed by atoms with Gasteiger partial charge in [0.1, 0.15) is 5.54 Å². The first-order valence-corrected chi connectivity index (χ1v) is 7.23. The molecule has 5 heteroatoms. The van der Waals surface area contributed by atoms with Crippen LogP contribution in [0.25, 0.3) is 0 Å². The Labute approximate surface area is 125 Å². The Morgan fingerprint density at radius 2 is 1.81 bits per heavy atom. The van der Waals surface area contributed by atoms with Gasteiger partial charge in [-0.1, -0.05) is 30.3 Å². The van der Waals surface area contributed by atoms with Crippen molar-refractivity contribution >= 4 is 11.9 Å². The first kappa shape index (κ1) is 15.4. The van der Waals surface area contributed by atoms with Gasteiger partial charge in [0.05, 0.1) is 0 Å². The van der Waals surface area contributed by atoms with E-state index < -0.39 is 5.54 Å². The first-order chi connectivity index (χ1) is 9.89. The number of amides is 3. The second-order valence-electron chi connectivity index (χ2n) is 6.16. The van der Waals surface area contributed by atoms with Gasteiger partial charge in [-0.25, -0.2) is 4.79 Å². The fourth-order valence-electron chi connectivity index (χ4n) is 2.38. The largest absolute Gasteiger partial charge is 0.353 e. The minimum Gasteiger partial charge on any atom is -0.353 e. The molecular formula is C16H23N3O2. The topological polar surface area (TPSA) is 70.2 Å². The lowest BCUT2D eigenvalue weighted by Crippen LogP contribution is -2.57. The van der Waals surface area contributed by atoms with Gasteiger partial charge in [-0.2, -0.15) is 0 Å². The Bertz CT molecular complexity index is 522. The van der Waals surface area contributed by atoms with Crippen molar-refractivity contribution in [1.82, 2.24) is 16.0 Å². The number of nitrogens with one attached hydrogen (secondary N) is 3. The number of benzene rings is 1. The summed E-state index contributed by atoms with van der Waals surface area (Å²) in [6, 6.07) is 9.89. The predicted octanol–water partition coefficient (Wildman–Crippen LogP) is 1.54. The number of rotatable bonds is 5. The molecule has 3 amide bonds. The van der Waals surface area contributed by atoms with Crippen molar-refractivity contribution in [1.29, 1.82) is 0 Å². The van der Waals surface area contributed by atoms with Crippen molar-refractivity contribution in [2.45, 2.75) is 37.6 Å². The molecule has 5 nitrogen and oxygen atoms in total. The van der Waals surface area contributed by atoms with Gasteiger partial charge in [0.2, 0.25) is 5.91 Å². The molecule has 0 radical (unpaired) electrons. The number of carbonyl (C=O) groups excluding carboxylic acids is 2. The summed E-state index contributed by atoms with van der Waals surface area (Å²) in [7, 11) is 1.53. The van der Waals surface area contributed by atoms with Crippen LogP contribution in [0.15, 0.2) is 30.3 Å². The fraction of sp³-hybridized carbons (Fsp3) is 0.500. The van der Waals surface area contributed by atoms with E-state index in [9.17, 15) is 9.59 Å². The van der Waals surface area contributed by atoms with Gasteiger partial charge in [-0.3, -0.25) is 4.79 Å². The zero-order valence-electron chi connectivity index (χ0n) is 12.8. The van der Waals surface area contributed by atoms with Crippen LogP contribution in [0.1, 0.15) is 32.3 Å².